The van der Waals surface area contributed by atoms with E-state index in [1.54, 1.807) is 17.8 Å². The smallest absolute Gasteiger partial charge is 0.137 e. The van der Waals surface area contributed by atoms with Crippen molar-refractivity contribution in [3.63, 3.8) is 0 Å². The van der Waals surface area contributed by atoms with Crippen LogP contribution in [0.15, 0.2) is 23.1 Å². The van der Waals surface area contributed by atoms with E-state index in [9.17, 15) is 9.50 Å². The third-order valence-corrected chi connectivity index (χ3v) is 4.60. The molecule has 0 aromatic heterocycles. The van der Waals surface area contributed by atoms with Crippen molar-refractivity contribution in [1.29, 1.82) is 0 Å². The molecule has 1 heterocycles. The summed E-state index contributed by atoms with van der Waals surface area (Å²) in [6, 6.07) is 5.47. The van der Waals surface area contributed by atoms with E-state index < -0.39 is 0 Å². The molecular formula is C14H20FNOS. The van der Waals surface area contributed by atoms with Gasteiger partial charge in [0.2, 0.25) is 0 Å². The molecule has 0 fully saturated rings. The van der Waals surface area contributed by atoms with Crippen LogP contribution < -0.4 is 5.32 Å². The van der Waals surface area contributed by atoms with Gasteiger partial charge in [0, 0.05) is 17.0 Å². The molecule has 0 saturated carbocycles. The van der Waals surface area contributed by atoms with E-state index in [1.807, 2.05) is 6.07 Å². The van der Waals surface area contributed by atoms with Crippen LogP contribution in [0.2, 0.25) is 0 Å². The Balaban J connectivity index is 2.20. The fourth-order valence-corrected chi connectivity index (χ4v) is 3.41. The van der Waals surface area contributed by atoms with E-state index in [0.29, 0.717) is 5.92 Å². The molecule has 1 aromatic rings. The lowest BCUT2D eigenvalue weighted by Gasteiger charge is -2.31. The van der Waals surface area contributed by atoms with E-state index in [1.165, 1.54) is 6.07 Å². The van der Waals surface area contributed by atoms with E-state index in [2.05, 4.69) is 19.2 Å². The minimum Gasteiger partial charge on any atom is -0.395 e. The molecule has 0 bridgehead atoms. The highest BCUT2D eigenvalue weighted by atomic mass is 32.2. The quantitative estimate of drug-likeness (QED) is 0.881. The molecule has 0 aliphatic carbocycles. The van der Waals surface area contributed by atoms with E-state index in [4.69, 9.17) is 0 Å². The summed E-state index contributed by atoms with van der Waals surface area (Å²) in [6.45, 7) is 4.28. The van der Waals surface area contributed by atoms with Crippen molar-refractivity contribution in [3.8, 4) is 0 Å². The van der Waals surface area contributed by atoms with Gasteiger partial charge in [0.25, 0.3) is 0 Å². The number of aliphatic hydroxyl groups is 1. The summed E-state index contributed by atoms with van der Waals surface area (Å²) in [5, 5.41) is 12.8. The van der Waals surface area contributed by atoms with Crippen LogP contribution in [0.3, 0.4) is 0 Å². The Morgan fingerprint density at radius 3 is 2.94 bits per heavy atom. The maximum absolute atomic E-state index is 13.7. The van der Waals surface area contributed by atoms with Crippen LogP contribution >= 0.6 is 11.8 Å². The third-order valence-electron chi connectivity index (χ3n) is 3.44. The average molecular weight is 269 g/mol. The van der Waals surface area contributed by atoms with Crippen LogP contribution in [0.4, 0.5) is 4.39 Å². The lowest BCUT2D eigenvalue weighted by molar-refractivity contribution is 0.197. The van der Waals surface area contributed by atoms with Crippen molar-refractivity contribution >= 4 is 11.8 Å². The Kier molecular flexibility index (Phi) is 4.65. The van der Waals surface area contributed by atoms with E-state index >= 15 is 0 Å². The van der Waals surface area contributed by atoms with Crippen LogP contribution in [-0.2, 0) is 0 Å². The zero-order valence-corrected chi connectivity index (χ0v) is 11.6. The summed E-state index contributed by atoms with van der Waals surface area (Å²) in [4.78, 5) is 0.765. The fourth-order valence-electron chi connectivity index (χ4n) is 2.27. The molecule has 0 radical (unpaired) electrons. The molecule has 2 N–H and O–H groups in total. The van der Waals surface area contributed by atoms with Crippen molar-refractivity contribution in [1.82, 2.24) is 5.32 Å². The molecule has 0 amide bonds. The maximum atomic E-state index is 13.7. The third kappa shape index (κ3) is 2.87. The number of rotatable bonds is 4. The number of fused-ring (bicyclic) bond motifs is 1. The predicted molar refractivity (Wildman–Crippen MR) is 73.3 cm³/mol. The molecule has 4 heteroatoms. The van der Waals surface area contributed by atoms with Gasteiger partial charge in [0.1, 0.15) is 5.82 Å². The molecular weight excluding hydrogens is 249 g/mol. The first-order valence-corrected chi connectivity index (χ1v) is 7.40. The van der Waals surface area contributed by atoms with Gasteiger partial charge >= 0.3 is 0 Å². The average Bonchev–Trinajstić information content (AvgIpc) is 2.36. The molecule has 100 valence electrons. The minimum atomic E-state index is -0.130. The Labute approximate surface area is 112 Å². The molecule has 2 nitrogen and oxygen atoms in total. The Hall–Kier alpha value is -0.580. The SMILES string of the molecule is CC(C)C(CO)NC1CCSc2c(F)cccc21. The second kappa shape index (κ2) is 6.04. The molecule has 18 heavy (non-hydrogen) atoms. The monoisotopic (exact) mass is 269 g/mol. The fraction of sp³-hybridized carbons (Fsp3) is 0.571. The highest BCUT2D eigenvalue weighted by molar-refractivity contribution is 7.99. The molecule has 0 saturated heterocycles. The number of benzene rings is 1. The van der Waals surface area contributed by atoms with Crippen molar-refractivity contribution in [2.75, 3.05) is 12.4 Å². The molecule has 2 rings (SSSR count). The van der Waals surface area contributed by atoms with Gasteiger partial charge in [-0.15, -0.1) is 11.8 Å². The number of nitrogens with one attached hydrogen (secondary N) is 1. The largest absolute Gasteiger partial charge is 0.395 e. The van der Waals surface area contributed by atoms with Crippen LogP contribution in [-0.4, -0.2) is 23.5 Å². The van der Waals surface area contributed by atoms with Gasteiger partial charge < -0.3 is 10.4 Å². The molecule has 1 aliphatic heterocycles. The molecule has 1 aliphatic rings. The summed E-state index contributed by atoms with van der Waals surface area (Å²) in [7, 11) is 0. The zero-order chi connectivity index (χ0) is 13.1. The van der Waals surface area contributed by atoms with Crippen molar-refractivity contribution < 1.29 is 9.50 Å². The first-order chi connectivity index (χ1) is 8.63. The van der Waals surface area contributed by atoms with Crippen LogP contribution in [0.5, 0.6) is 0 Å². The van der Waals surface area contributed by atoms with Gasteiger partial charge in [-0.1, -0.05) is 26.0 Å². The normalized spacial score (nSPS) is 20.8. The first-order valence-electron chi connectivity index (χ1n) is 6.41. The van der Waals surface area contributed by atoms with Crippen LogP contribution in [0.1, 0.15) is 31.9 Å². The summed E-state index contributed by atoms with van der Waals surface area (Å²) >= 11 is 1.58. The summed E-state index contributed by atoms with van der Waals surface area (Å²) in [5.74, 6) is 1.15. The standard InChI is InChI=1S/C14H20FNOS/c1-9(2)13(8-17)16-12-6-7-18-14-10(12)4-3-5-11(14)15/h3-5,9,12-13,16-17H,6-8H2,1-2H3. The van der Waals surface area contributed by atoms with Gasteiger partial charge in [0.15, 0.2) is 0 Å². The Bertz CT molecular complexity index is 411. The number of aliphatic hydroxyl groups excluding tert-OH is 1. The maximum Gasteiger partial charge on any atom is 0.137 e. The minimum absolute atomic E-state index is 0.0641. The Morgan fingerprint density at radius 1 is 1.50 bits per heavy atom. The second-order valence-corrected chi connectivity index (χ2v) is 6.15. The van der Waals surface area contributed by atoms with Gasteiger partial charge in [-0.3, -0.25) is 0 Å². The number of halogens is 1. The number of thioether (sulfide) groups is 1. The first kappa shape index (κ1) is 13.8. The lowest BCUT2D eigenvalue weighted by atomic mass is 9.99. The van der Waals surface area contributed by atoms with Crippen molar-refractivity contribution in [3.05, 3.63) is 29.6 Å². The van der Waals surface area contributed by atoms with E-state index in [0.717, 1.165) is 22.6 Å². The van der Waals surface area contributed by atoms with E-state index in [-0.39, 0.29) is 24.5 Å². The number of hydrogen-bond acceptors (Lipinski definition) is 3. The predicted octanol–water partition coefficient (Wildman–Crippen LogP) is 2.97. The molecule has 2 atom stereocenters. The van der Waals surface area contributed by atoms with Crippen LogP contribution in [0.25, 0.3) is 0 Å². The van der Waals surface area contributed by atoms with Gasteiger partial charge in [0.05, 0.1) is 6.61 Å². The van der Waals surface area contributed by atoms with Crippen molar-refractivity contribution in [2.45, 2.75) is 37.2 Å². The van der Waals surface area contributed by atoms with Crippen LogP contribution in [0, 0.1) is 11.7 Å². The van der Waals surface area contributed by atoms with Gasteiger partial charge in [-0.2, -0.15) is 0 Å². The highest BCUT2D eigenvalue weighted by Gasteiger charge is 2.25. The summed E-state index contributed by atoms with van der Waals surface area (Å²) in [5.41, 5.74) is 1.03. The second-order valence-electron chi connectivity index (χ2n) is 5.05. The van der Waals surface area contributed by atoms with Gasteiger partial charge in [-0.05, 0) is 29.7 Å². The molecule has 0 spiro atoms. The summed E-state index contributed by atoms with van der Waals surface area (Å²) < 4.78 is 13.7. The topological polar surface area (TPSA) is 32.3 Å². The summed E-state index contributed by atoms with van der Waals surface area (Å²) in [6.07, 6.45) is 0.977. The van der Waals surface area contributed by atoms with Crippen molar-refractivity contribution in [2.24, 2.45) is 5.92 Å². The zero-order valence-electron chi connectivity index (χ0n) is 10.8. The van der Waals surface area contributed by atoms with Gasteiger partial charge in [-0.25, -0.2) is 4.39 Å². The Morgan fingerprint density at radius 2 is 2.28 bits per heavy atom. The molecule has 1 aromatic carbocycles. The molecule has 2 unspecified atom stereocenters. The lowest BCUT2D eigenvalue weighted by Crippen LogP contribution is -2.40. The highest BCUT2D eigenvalue weighted by Crippen LogP contribution is 2.38. The number of hydrogen-bond donors (Lipinski definition) is 2.